The Morgan fingerprint density at radius 1 is 1.18 bits per heavy atom. The Morgan fingerprint density at radius 2 is 1.89 bits per heavy atom. The maximum absolute atomic E-state index is 13.0. The molecule has 0 saturated carbocycles. The van der Waals surface area contributed by atoms with Gasteiger partial charge in [0.15, 0.2) is 0 Å². The third-order valence-corrected chi connectivity index (χ3v) is 5.81. The number of likely N-dealkylation sites (tertiary alicyclic amines) is 1. The van der Waals surface area contributed by atoms with E-state index in [0.29, 0.717) is 17.5 Å². The largest absolute Gasteiger partial charge is 0.338 e. The first-order chi connectivity index (χ1) is 13.5. The maximum atomic E-state index is 13.0. The fourth-order valence-corrected chi connectivity index (χ4v) is 3.67. The van der Waals surface area contributed by atoms with Gasteiger partial charge in [-0.15, -0.1) is 0 Å². The van der Waals surface area contributed by atoms with E-state index in [-0.39, 0.29) is 11.8 Å². The molecule has 1 heterocycles. The summed E-state index contributed by atoms with van der Waals surface area (Å²) in [6.07, 6.45) is 3.07. The highest BCUT2D eigenvalue weighted by Crippen LogP contribution is 2.23. The number of benzene rings is 2. The van der Waals surface area contributed by atoms with Crippen LogP contribution in [0.1, 0.15) is 24.0 Å². The number of carbonyl (C=O) groups excluding carboxylic acids is 1. The van der Waals surface area contributed by atoms with Crippen molar-refractivity contribution in [2.75, 3.05) is 31.5 Å². The molecule has 0 atom stereocenters. The molecule has 2 aromatic rings. The number of carbonyl (C=O) groups is 1. The monoisotopic (exact) mass is 403 g/mol. The lowest BCUT2D eigenvalue weighted by Crippen LogP contribution is -2.40. The molecule has 1 aliphatic heterocycles. The highest BCUT2D eigenvalue weighted by molar-refractivity contribution is 6.31. The smallest absolute Gasteiger partial charge is 0.319 e. The van der Waals surface area contributed by atoms with Crippen LogP contribution in [0.4, 0.5) is 14.9 Å². The van der Waals surface area contributed by atoms with E-state index in [2.05, 4.69) is 15.5 Å². The van der Waals surface area contributed by atoms with E-state index in [1.165, 1.54) is 12.1 Å². The molecular weight excluding hydrogens is 377 g/mol. The zero-order valence-corrected chi connectivity index (χ0v) is 16.9. The first-order valence-electron chi connectivity index (χ1n) is 9.78. The molecule has 6 heteroatoms. The topological polar surface area (TPSA) is 44.4 Å². The standard InChI is InChI=1S/C22H27ClFN3O/c1-16-20(23)3-2-4-21(16)26-22(28)25-15-18-10-13-27(14-11-18)12-9-17-5-7-19(24)8-6-17/h2-8,18H,9-15H2,1H3,(H2,25,26,28). The zero-order valence-electron chi connectivity index (χ0n) is 16.2. The molecule has 28 heavy (non-hydrogen) atoms. The van der Waals surface area contributed by atoms with Crippen molar-refractivity contribution in [2.45, 2.75) is 26.2 Å². The number of amides is 2. The first-order valence-corrected chi connectivity index (χ1v) is 10.2. The normalized spacial score (nSPS) is 15.4. The quantitative estimate of drug-likeness (QED) is 0.723. The fourth-order valence-electron chi connectivity index (χ4n) is 3.50. The van der Waals surface area contributed by atoms with Crippen LogP contribution in [-0.2, 0) is 6.42 Å². The van der Waals surface area contributed by atoms with Crippen molar-refractivity contribution in [3.05, 3.63) is 64.4 Å². The molecule has 0 aliphatic carbocycles. The Balaban J connectivity index is 1.35. The number of urea groups is 1. The Morgan fingerprint density at radius 3 is 2.61 bits per heavy atom. The molecule has 150 valence electrons. The Kier molecular flexibility index (Phi) is 7.29. The predicted octanol–water partition coefficient (Wildman–Crippen LogP) is 4.86. The van der Waals surface area contributed by atoms with E-state index in [1.807, 2.05) is 37.3 Å². The minimum absolute atomic E-state index is 0.188. The maximum Gasteiger partial charge on any atom is 0.319 e. The van der Waals surface area contributed by atoms with Gasteiger partial charge in [-0.3, -0.25) is 0 Å². The molecule has 4 nitrogen and oxygen atoms in total. The van der Waals surface area contributed by atoms with Crippen molar-refractivity contribution in [2.24, 2.45) is 5.92 Å². The van der Waals surface area contributed by atoms with Crippen LogP contribution in [-0.4, -0.2) is 37.1 Å². The van der Waals surface area contributed by atoms with Crippen molar-refractivity contribution in [3.8, 4) is 0 Å². The lowest BCUT2D eigenvalue weighted by molar-refractivity contribution is 0.184. The van der Waals surface area contributed by atoms with Crippen LogP contribution in [0.5, 0.6) is 0 Å². The highest BCUT2D eigenvalue weighted by Gasteiger charge is 2.19. The van der Waals surface area contributed by atoms with Gasteiger partial charge in [0.1, 0.15) is 5.82 Å². The Labute approximate surface area is 171 Å². The molecule has 0 aromatic heterocycles. The summed E-state index contributed by atoms with van der Waals surface area (Å²) in [6, 6.07) is 12.0. The lowest BCUT2D eigenvalue weighted by Gasteiger charge is -2.32. The van der Waals surface area contributed by atoms with Gasteiger partial charge < -0.3 is 15.5 Å². The van der Waals surface area contributed by atoms with E-state index in [0.717, 1.165) is 55.7 Å². The Hall–Kier alpha value is -2.11. The Bertz CT molecular complexity index is 789. The summed E-state index contributed by atoms with van der Waals surface area (Å²) >= 11 is 6.09. The number of nitrogens with one attached hydrogen (secondary N) is 2. The van der Waals surface area contributed by atoms with Gasteiger partial charge in [0.05, 0.1) is 0 Å². The summed E-state index contributed by atoms with van der Waals surface area (Å²) in [5.41, 5.74) is 2.77. The van der Waals surface area contributed by atoms with Gasteiger partial charge in [0.2, 0.25) is 0 Å². The molecule has 2 N–H and O–H groups in total. The number of hydrogen-bond acceptors (Lipinski definition) is 2. The van der Waals surface area contributed by atoms with Gasteiger partial charge in [0, 0.05) is 23.8 Å². The summed E-state index contributed by atoms with van der Waals surface area (Å²) in [5.74, 6) is 0.305. The van der Waals surface area contributed by atoms with Gasteiger partial charge >= 0.3 is 6.03 Å². The lowest BCUT2D eigenvalue weighted by atomic mass is 9.96. The highest BCUT2D eigenvalue weighted by atomic mass is 35.5. The molecule has 0 radical (unpaired) electrons. The molecule has 2 aromatic carbocycles. The number of rotatable bonds is 6. The third kappa shape index (κ3) is 5.94. The van der Waals surface area contributed by atoms with Crippen LogP contribution >= 0.6 is 11.6 Å². The van der Waals surface area contributed by atoms with Crippen molar-refractivity contribution < 1.29 is 9.18 Å². The zero-order chi connectivity index (χ0) is 19.9. The molecule has 1 aliphatic rings. The van der Waals surface area contributed by atoms with Crippen molar-refractivity contribution in [1.29, 1.82) is 0 Å². The van der Waals surface area contributed by atoms with Gasteiger partial charge in [0.25, 0.3) is 0 Å². The van der Waals surface area contributed by atoms with Crippen LogP contribution < -0.4 is 10.6 Å². The average molecular weight is 404 g/mol. The second-order valence-electron chi connectivity index (χ2n) is 7.41. The van der Waals surface area contributed by atoms with Gasteiger partial charge in [-0.25, -0.2) is 9.18 Å². The number of halogens is 2. The number of anilines is 1. The summed E-state index contributed by atoms with van der Waals surface area (Å²) < 4.78 is 13.0. The number of nitrogens with zero attached hydrogens (tertiary/aromatic N) is 1. The van der Waals surface area contributed by atoms with Crippen molar-refractivity contribution in [1.82, 2.24) is 10.2 Å². The first kappa shape index (κ1) is 20.6. The van der Waals surface area contributed by atoms with Crippen LogP contribution in [0.15, 0.2) is 42.5 Å². The SMILES string of the molecule is Cc1c(Cl)cccc1NC(=O)NCC1CCN(CCc2ccc(F)cc2)CC1. The minimum atomic E-state index is -0.191. The minimum Gasteiger partial charge on any atom is -0.338 e. The fraction of sp³-hybridized carbons (Fsp3) is 0.409. The predicted molar refractivity (Wildman–Crippen MR) is 112 cm³/mol. The van der Waals surface area contributed by atoms with Gasteiger partial charge in [-0.05, 0) is 80.6 Å². The molecule has 0 spiro atoms. The van der Waals surface area contributed by atoms with Crippen LogP contribution in [0.25, 0.3) is 0 Å². The van der Waals surface area contributed by atoms with Crippen LogP contribution in [0.3, 0.4) is 0 Å². The van der Waals surface area contributed by atoms with Crippen molar-refractivity contribution >= 4 is 23.3 Å². The molecule has 0 unspecified atom stereocenters. The summed E-state index contributed by atoms with van der Waals surface area (Å²) in [7, 11) is 0. The molecule has 3 rings (SSSR count). The molecule has 1 fully saturated rings. The summed E-state index contributed by atoms with van der Waals surface area (Å²) in [4.78, 5) is 14.6. The summed E-state index contributed by atoms with van der Waals surface area (Å²) in [6.45, 7) is 5.61. The molecular formula is C22H27ClFN3O. The second-order valence-corrected chi connectivity index (χ2v) is 7.82. The molecule has 2 amide bonds. The van der Waals surface area contributed by atoms with Crippen LogP contribution in [0, 0.1) is 18.7 Å². The van der Waals surface area contributed by atoms with E-state index >= 15 is 0 Å². The van der Waals surface area contributed by atoms with Gasteiger partial charge in [-0.1, -0.05) is 29.8 Å². The van der Waals surface area contributed by atoms with Gasteiger partial charge in [-0.2, -0.15) is 0 Å². The van der Waals surface area contributed by atoms with Crippen LogP contribution in [0.2, 0.25) is 5.02 Å². The van der Waals surface area contributed by atoms with Crippen molar-refractivity contribution in [3.63, 3.8) is 0 Å². The third-order valence-electron chi connectivity index (χ3n) is 5.40. The summed E-state index contributed by atoms with van der Waals surface area (Å²) in [5, 5.41) is 6.49. The van der Waals surface area contributed by atoms with E-state index in [9.17, 15) is 9.18 Å². The average Bonchev–Trinajstić information content (AvgIpc) is 2.70. The number of piperidine rings is 1. The number of hydrogen-bond donors (Lipinski definition) is 2. The van der Waals surface area contributed by atoms with E-state index < -0.39 is 0 Å². The van der Waals surface area contributed by atoms with E-state index in [1.54, 1.807) is 0 Å². The second kappa shape index (κ2) is 9.89. The molecule has 1 saturated heterocycles. The van der Waals surface area contributed by atoms with E-state index in [4.69, 9.17) is 11.6 Å². The molecule has 0 bridgehead atoms.